The molecule has 1 atom stereocenters. The molecule has 0 saturated carbocycles. The van der Waals surface area contributed by atoms with E-state index in [4.69, 9.17) is 0 Å². The first-order chi connectivity index (χ1) is 11.1. The summed E-state index contributed by atoms with van der Waals surface area (Å²) in [6.45, 7) is 5.02. The molecule has 0 saturated heterocycles. The van der Waals surface area contributed by atoms with Crippen molar-refractivity contribution in [1.29, 1.82) is 0 Å². The average molecular weight is 315 g/mol. The third-order valence-corrected chi connectivity index (χ3v) is 3.95. The first-order valence-electron chi connectivity index (χ1n) is 8.20. The second-order valence-corrected chi connectivity index (χ2v) is 5.79. The lowest BCUT2D eigenvalue weighted by molar-refractivity contribution is -0.122. The van der Waals surface area contributed by atoms with Gasteiger partial charge in [-0.1, -0.05) is 25.1 Å². The van der Waals surface area contributed by atoms with E-state index >= 15 is 0 Å². The molecule has 1 aromatic carbocycles. The van der Waals surface area contributed by atoms with E-state index in [0.29, 0.717) is 25.9 Å². The van der Waals surface area contributed by atoms with E-state index in [-0.39, 0.29) is 17.9 Å². The molecule has 0 aliphatic heterocycles. The highest BCUT2D eigenvalue weighted by Gasteiger charge is 2.07. The van der Waals surface area contributed by atoms with Crippen molar-refractivity contribution in [1.82, 2.24) is 15.2 Å². The second kappa shape index (κ2) is 8.36. The molecule has 23 heavy (non-hydrogen) atoms. The molecule has 0 bridgehead atoms. The molecule has 1 heterocycles. The molecule has 1 aromatic heterocycles. The van der Waals surface area contributed by atoms with Crippen LogP contribution in [0.1, 0.15) is 33.1 Å². The number of aromatic nitrogens is 1. The predicted octanol–water partition coefficient (Wildman–Crippen LogP) is 2.45. The second-order valence-electron chi connectivity index (χ2n) is 5.79. The van der Waals surface area contributed by atoms with E-state index in [1.807, 2.05) is 44.3 Å². The molecule has 0 radical (unpaired) electrons. The Hall–Kier alpha value is -2.30. The Bertz CT molecular complexity index is 663. The lowest BCUT2D eigenvalue weighted by Gasteiger charge is -2.11. The smallest absolute Gasteiger partial charge is 0.221 e. The van der Waals surface area contributed by atoms with Gasteiger partial charge in [0, 0.05) is 43.7 Å². The fourth-order valence-corrected chi connectivity index (χ4v) is 2.41. The lowest BCUT2D eigenvalue weighted by atomic mass is 10.2. The van der Waals surface area contributed by atoms with Crippen LogP contribution >= 0.6 is 0 Å². The number of amides is 2. The van der Waals surface area contributed by atoms with Gasteiger partial charge >= 0.3 is 0 Å². The van der Waals surface area contributed by atoms with E-state index in [0.717, 1.165) is 11.9 Å². The molecule has 5 heteroatoms. The molecule has 2 rings (SSSR count). The minimum Gasteiger partial charge on any atom is -0.356 e. The summed E-state index contributed by atoms with van der Waals surface area (Å²) in [7, 11) is 0. The summed E-state index contributed by atoms with van der Waals surface area (Å²) in [5, 5.41) is 6.86. The summed E-state index contributed by atoms with van der Waals surface area (Å²) in [6.07, 6.45) is 3.63. The summed E-state index contributed by atoms with van der Waals surface area (Å²) in [6, 6.07) is 10.3. The van der Waals surface area contributed by atoms with Gasteiger partial charge in [0.25, 0.3) is 0 Å². The molecule has 0 spiro atoms. The summed E-state index contributed by atoms with van der Waals surface area (Å²) >= 11 is 0. The van der Waals surface area contributed by atoms with Gasteiger partial charge < -0.3 is 15.2 Å². The third kappa shape index (κ3) is 5.13. The van der Waals surface area contributed by atoms with Crippen molar-refractivity contribution in [3.63, 3.8) is 0 Å². The van der Waals surface area contributed by atoms with Crippen molar-refractivity contribution in [3.8, 4) is 0 Å². The van der Waals surface area contributed by atoms with Crippen LogP contribution in [0.25, 0.3) is 10.9 Å². The zero-order valence-electron chi connectivity index (χ0n) is 13.8. The van der Waals surface area contributed by atoms with Crippen LogP contribution in [0.5, 0.6) is 0 Å². The number of aryl methyl sites for hydroxylation is 1. The maximum atomic E-state index is 11.9. The molecule has 0 fully saturated rings. The highest BCUT2D eigenvalue weighted by Crippen LogP contribution is 2.15. The maximum Gasteiger partial charge on any atom is 0.221 e. The Morgan fingerprint density at radius 1 is 1.13 bits per heavy atom. The standard InChI is InChI=1S/C18H25N3O2/c1-3-14(2)20-18(23)8-11-19-17(22)10-13-21-12-9-15-6-4-5-7-16(15)21/h4-7,9,12,14H,3,8,10-11,13H2,1-2H3,(H,19,22)(H,20,23). The number of benzene rings is 1. The van der Waals surface area contributed by atoms with E-state index in [1.54, 1.807) is 0 Å². The van der Waals surface area contributed by atoms with E-state index < -0.39 is 0 Å². The summed E-state index contributed by atoms with van der Waals surface area (Å²) in [5.74, 6) is -0.0461. The van der Waals surface area contributed by atoms with Gasteiger partial charge in [-0.25, -0.2) is 0 Å². The average Bonchev–Trinajstić information content (AvgIpc) is 2.96. The lowest BCUT2D eigenvalue weighted by Crippen LogP contribution is -2.35. The number of para-hydroxylation sites is 1. The van der Waals surface area contributed by atoms with Crippen LogP contribution in [-0.4, -0.2) is 29.0 Å². The maximum absolute atomic E-state index is 11.9. The van der Waals surface area contributed by atoms with Gasteiger partial charge in [-0.2, -0.15) is 0 Å². The summed E-state index contributed by atoms with van der Waals surface area (Å²) in [5.41, 5.74) is 1.13. The molecule has 124 valence electrons. The monoisotopic (exact) mass is 315 g/mol. The van der Waals surface area contributed by atoms with Crippen LogP contribution in [0.3, 0.4) is 0 Å². The molecule has 0 aliphatic rings. The highest BCUT2D eigenvalue weighted by molar-refractivity contribution is 5.81. The molecule has 5 nitrogen and oxygen atoms in total. The Morgan fingerprint density at radius 3 is 2.70 bits per heavy atom. The van der Waals surface area contributed by atoms with Gasteiger partial charge in [-0.15, -0.1) is 0 Å². The molecule has 0 aliphatic carbocycles. The number of fused-ring (bicyclic) bond motifs is 1. The number of hydrogen-bond donors (Lipinski definition) is 2. The largest absolute Gasteiger partial charge is 0.356 e. The number of carbonyl (C=O) groups is 2. The molecular weight excluding hydrogens is 290 g/mol. The van der Waals surface area contributed by atoms with Crippen molar-refractivity contribution < 1.29 is 9.59 Å². The van der Waals surface area contributed by atoms with Crippen molar-refractivity contribution in [2.45, 2.75) is 45.7 Å². The first kappa shape index (κ1) is 17.1. The van der Waals surface area contributed by atoms with Crippen molar-refractivity contribution >= 4 is 22.7 Å². The number of nitrogens with one attached hydrogen (secondary N) is 2. The van der Waals surface area contributed by atoms with Crippen LogP contribution in [-0.2, 0) is 16.1 Å². The quantitative estimate of drug-likeness (QED) is 0.786. The van der Waals surface area contributed by atoms with Gasteiger partial charge in [-0.3, -0.25) is 9.59 Å². The molecule has 2 amide bonds. The SMILES string of the molecule is CCC(C)NC(=O)CCNC(=O)CCn1ccc2ccccc21. The van der Waals surface area contributed by atoms with Gasteiger partial charge in [0.1, 0.15) is 0 Å². The summed E-state index contributed by atoms with van der Waals surface area (Å²) < 4.78 is 2.07. The Kier molecular flexibility index (Phi) is 6.20. The van der Waals surface area contributed by atoms with Gasteiger partial charge in [-0.05, 0) is 30.9 Å². The molecule has 2 aromatic rings. The summed E-state index contributed by atoms with van der Waals surface area (Å²) in [4.78, 5) is 23.5. The topological polar surface area (TPSA) is 63.1 Å². The Balaban J connectivity index is 1.70. The van der Waals surface area contributed by atoms with Crippen molar-refractivity contribution in [3.05, 3.63) is 36.5 Å². The van der Waals surface area contributed by atoms with Crippen molar-refractivity contribution in [2.24, 2.45) is 0 Å². The highest BCUT2D eigenvalue weighted by atomic mass is 16.2. The van der Waals surface area contributed by atoms with Crippen LogP contribution in [0.15, 0.2) is 36.5 Å². The predicted molar refractivity (Wildman–Crippen MR) is 92.1 cm³/mol. The van der Waals surface area contributed by atoms with Gasteiger partial charge in [0.2, 0.25) is 11.8 Å². The van der Waals surface area contributed by atoms with Crippen LogP contribution in [0.4, 0.5) is 0 Å². The number of nitrogens with zero attached hydrogens (tertiary/aromatic N) is 1. The van der Waals surface area contributed by atoms with E-state index in [2.05, 4.69) is 21.3 Å². The normalized spacial score (nSPS) is 12.1. The van der Waals surface area contributed by atoms with E-state index in [9.17, 15) is 9.59 Å². The first-order valence-corrected chi connectivity index (χ1v) is 8.20. The minimum absolute atomic E-state index is 0.0175. The van der Waals surface area contributed by atoms with E-state index in [1.165, 1.54) is 5.39 Å². The fourth-order valence-electron chi connectivity index (χ4n) is 2.41. The molecular formula is C18H25N3O2. The van der Waals surface area contributed by atoms with Gasteiger partial charge in [0.15, 0.2) is 0 Å². The Morgan fingerprint density at radius 2 is 1.91 bits per heavy atom. The van der Waals surface area contributed by atoms with Crippen LogP contribution < -0.4 is 10.6 Å². The van der Waals surface area contributed by atoms with Gasteiger partial charge in [0.05, 0.1) is 0 Å². The molecule has 1 unspecified atom stereocenters. The van der Waals surface area contributed by atoms with Crippen LogP contribution in [0.2, 0.25) is 0 Å². The fraction of sp³-hybridized carbons (Fsp3) is 0.444. The molecule has 2 N–H and O–H groups in total. The third-order valence-electron chi connectivity index (χ3n) is 3.95. The minimum atomic E-state index is -0.0286. The number of rotatable bonds is 8. The number of carbonyl (C=O) groups excluding carboxylic acids is 2. The zero-order valence-corrected chi connectivity index (χ0v) is 13.8. The Labute approximate surface area is 137 Å². The van der Waals surface area contributed by atoms with Crippen molar-refractivity contribution in [2.75, 3.05) is 6.54 Å². The zero-order chi connectivity index (χ0) is 16.7. The van der Waals surface area contributed by atoms with Crippen LogP contribution in [0, 0.1) is 0 Å². The number of hydrogen-bond acceptors (Lipinski definition) is 2.